The van der Waals surface area contributed by atoms with Crippen LogP contribution in [0.15, 0.2) is 12.1 Å². The van der Waals surface area contributed by atoms with Gasteiger partial charge in [0.1, 0.15) is 17.5 Å². The number of hydrogen-bond acceptors (Lipinski definition) is 9. The van der Waals surface area contributed by atoms with Crippen LogP contribution in [0.2, 0.25) is 0 Å². The van der Waals surface area contributed by atoms with E-state index in [-0.39, 0.29) is 36.1 Å². The summed E-state index contributed by atoms with van der Waals surface area (Å²) in [6.45, 7) is 9.82. The van der Waals surface area contributed by atoms with E-state index in [2.05, 4.69) is 0 Å². The van der Waals surface area contributed by atoms with Gasteiger partial charge >= 0.3 is 5.97 Å². The predicted octanol–water partition coefficient (Wildman–Crippen LogP) is 3.05. The molecule has 0 aromatic heterocycles. The zero-order valence-electron chi connectivity index (χ0n) is 23.3. The number of carbonyl (C=O) groups excluding carboxylic acids is 6. The van der Waals surface area contributed by atoms with Crippen LogP contribution in [-0.4, -0.2) is 57.3 Å². The molecular weight excluding hydrogens is 504 g/mol. The summed E-state index contributed by atoms with van der Waals surface area (Å²) in [5.41, 5.74) is -5.46. The van der Waals surface area contributed by atoms with Crippen molar-refractivity contribution in [2.24, 2.45) is 34.5 Å². The van der Waals surface area contributed by atoms with Gasteiger partial charge in [-0.3, -0.25) is 24.0 Å². The lowest BCUT2D eigenvalue weighted by Crippen LogP contribution is -2.76. The molecule has 0 saturated heterocycles. The van der Waals surface area contributed by atoms with Gasteiger partial charge in [-0.15, -0.1) is 0 Å². The van der Waals surface area contributed by atoms with Crippen LogP contribution in [-0.2, 0) is 30.3 Å². The Bertz CT molecular complexity index is 1310. The van der Waals surface area contributed by atoms with Crippen LogP contribution < -0.4 is 0 Å². The Labute approximate surface area is 227 Å². The lowest BCUT2D eigenvalue weighted by Gasteiger charge is -2.61. The van der Waals surface area contributed by atoms with Gasteiger partial charge in [0, 0.05) is 11.3 Å². The molecule has 1 aromatic carbocycles. The van der Waals surface area contributed by atoms with E-state index >= 15 is 0 Å². The zero-order valence-corrected chi connectivity index (χ0v) is 23.3. The van der Waals surface area contributed by atoms with Crippen LogP contribution in [0.3, 0.4) is 0 Å². The number of aliphatic hydroxyl groups is 1. The van der Waals surface area contributed by atoms with Gasteiger partial charge in [0.25, 0.3) is 0 Å². The molecule has 2 fully saturated rings. The third-order valence-electron chi connectivity index (χ3n) is 9.21. The monoisotopic (exact) mass is 540 g/mol. The average Bonchev–Trinajstić information content (AvgIpc) is 2.81. The number of unbranched alkanes of at least 4 members (excludes halogenated alkanes) is 1. The molecule has 0 radical (unpaired) electrons. The van der Waals surface area contributed by atoms with E-state index in [0.717, 1.165) is 13.3 Å². The quantitative estimate of drug-likeness (QED) is 0.315. The molecule has 1 aromatic rings. The van der Waals surface area contributed by atoms with E-state index in [9.17, 15) is 39.0 Å². The molecule has 9 heteroatoms. The summed E-state index contributed by atoms with van der Waals surface area (Å²) in [7, 11) is 0. The van der Waals surface area contributed by atoms with E-state index < -0.39 is 80.7 Å². The summed E-state index contributed by atoms with van der Waals surface area (Å²) in [6, 6.07) is 2.57. The van der Waals surface area contributed by atoms with E-state index in [1.165, 1.54) is 19.1 Å². The van der Waals surface area contributed by atoms with Crippen LogP contribution in [0.25, 0.3) is 0 Å². The fraction of sp³-hybridized carbons (Fsp3) is 0.600. The number of benzene rings is 1. The number of phenols is 1. The van der Waals surface area contributed by atoms with Gasteiger partial charge in [0.2, 0.25) is 0 Å². The van der Waals surface area contributed by atoms with Crippen LogP contribution >= 0.6 is 0 Å². The highest BCUT2D eigenvalue weighted by Gasteiger charge is 2.76. The van der Waals surface area contributed by atoms with E-state index in [1.807, 2.05) is 6.92 Å². The summed E-state index contributed by atoms with van der Waals surface area (Å²) < 4.78 is 5.37. The van der Waals surface area contributed by atoms with E-state index in [0.29, 0.717) is 6.42 Å². The van der Waals surface area contributed by atoms with Crippen molar-refractivity contribution in [1.82, 2.24) is 0 Å². The minimum atomic E-state index is -2.75. The largest absolute Gasteiger partial charge is 0.507 e. The van der Waals surface area contributed by atoms with Crippen molar-refractivity contribution in [2.45, 2.75) is 72.8 Å². The molecule has 0 amide bonds. The van der Waals surface area contributed by atoms with Crippen LogP contribution in [0.4, 0.5) is 0 Å². The maximum atomic E-state index is 14.2. The van der Waals surface area contributed by atoms with Crippen molar-refractivity contribution in [3.8, 4) is 5.75 Å². The number of Topliss-reactive ketones (excluding diaryl/α,β-unsaturated/α-hetero) is 5. The van der Waals surface area contributed by atoms with Gasteiger partial charge in [-0.25, -0.2) is 4.79 Å². The maximum absolute atomic E-state index is 14.2. The molecule has 6 atom stereocenters. The summed E-state index contributed by atoms with van der Waals surface area (Å²) >= 11 is 0. The summed E-state index contributed by atoms with van der Waals surface area (Å²) in [5, 5.41) is 22.7. The average molecular weight is 541 g/mol. The molecular formula is C30H36O9. The van der Waals surface area contributed by atoms with Gasteiger partial charge in [0.05, 0.1) is 23.7 Å². The molecule has 3 unspecified atom stereocenters. The molecule has 0 heterocycles. The first-order chi connectivity index (χ1) is 18.1. The van der Waals surface area contributed by atoms with Gasteiger partial charge in [-0.1, -0.05) is 41.0 Å². The summed E-state index contributed by atoms with van der Waals surface area (Å²) in [5.74, 6) is -10.3. The van der Waals surface area contributed by atoms with Crippen molar-refractivity contribution in [1.29, 1.82) is 0 Å². The number of phenolic OH excluding ortho intramolecular Hbond substituents is 1. The standard InChI is InChI=1S/C30H36O9/c1-7-8-11-39-27(37)16-9-10-18(32)20-17(16)12-28(5)13-29(6)21(14(2)3)23(33)19(15(4)31)25(35)30(29,38)26(36)22(28)24(20)34/h9-10,14,19,21-22,32,38H,7-8,11-13H2,1-6H3/t19?,21?,22?,28-,29-,30+/m1/s1. The third-order valence-corrected chi connectivity index (χ3v) is 9.21. The number of fused-ring (bicyclic) bond motifs is 3. The van der Waals surface area contributed by atoms with Crippen LogP contribution in [0, 0.1) is 34.5 Å². The van der Waals surface area contributed by atoms with Crippen molar-refractivity contribution in [3.05, 3.63) is 28.8 Å². The number of hydrogen-bond donors (Lipinski definition) is 2. The van der Waals surface area contributed by atoms with Crippen molar-refractivity contribution >= 4 is 34.9 Å². The van der Waals surface area contributed by atoms with Crippen LogP contribution in [0.1, 0.15) is 87.1 Å². The highest BCUT2D eigenvalue weighted by molar-refractivity contribution is 6.32. The fourth-order valence-electron chi connectivity index (χ4n) is 7.71. The highest BCUT2D eigenvalue weighted by atomic mass is 16.5. The molecule has 0 aliphatic heterocycles. The minimum absolute atomic E-state index is 0.00784. The number of rotatable bonds is 6. The number of esters is 1. The Morgan fingerprint density at radius 1 is 1.10 bits per heavy atom. The molecule has 9 nitrogen and oxygen atoms in total. The topological polar surface area (TPSA) is 152 Å². The first-order valence-corrected chi connectivity index (χ1v) is 13.5. The Balaban J connectivity index is 1.91. The Kier molecular flexibility index (Phi) is 6.99. The Morgan fingerprint density at radius 2 is 1.74 bits per heavy atom. The van der Waals surface area contributed by atoms with Gasteiger partial charge in [-0.2, -0.15) is 0 Å². The van der Waals surface area contributed by atoms with Crippen molar-refractivity contribution in [2.75, 3.05) is 6.61 Å². The second-order valence-electron chi connectivity index (χ2n) is 12.3. The predicted molar refractivity (Wildman–Crippen MR) is 138 cm³/mol. The number of ketones is 5. The molecule has 39 heavy (non-hydrogen) atoms. The second kappa shape index (κ2) is 9.47. The fourth-order valence-corrected chi connectivity index (χ4v) is 7.71. The molecule has 0 bridgehead atoms. The van der Waals surface area contributed by atoms with Crippen LogP contribution in [0.5, 0.6) is 5.75 Å². The summed E-state index contributed by atoms with van der Waals surface area (Å²) in [4.78, 5) is 80.8. The number of ether oxygens (including phenoxy) is 1. The Hall–Kier alpha value is -3.20. The molecule has 2 saturated carbocycles. The second-order valence-corrected chi connectivity index (χ2v) is 12.3. The minimum Gasteiger partial charge on any atom is -0.507 e. The molecule has 210 valence electrons. The molecule has 0 spiro atoms. The van der Waals surface area contributed by atoms with Gasteiger partial charge in [-0.05, 0) is 55.2 Å². The Morgan fingerprint density at radius 3 is 2.31 bits per heavy atom. The lowest BCUT2D eigenvalue weighted by atomic mass is 9.40. The molecule has 4 rings (SSSR count). The normalized spacial score (nSPS) is 33.9. The first kappa shape index (κ1) is 28.8. The van der Waals surface area contributed by atoms with Gasteiger partial charge < -0.3 is 14.9 Å². The highest BCUT2D eigenvalue weighted by Crippen LogP contribution is 2.63. The summed E-state index contributed by atoms with van der Waals surface area (Å²) in [6.07, 6.45) is 1.37. The maximum Gasteiger partial charge on any atom is 0.338 e. The smallest absolute Gasteiger partial charge is 0.338 e. The van der Waals surface area contributed by atoms with Crippen molar-refractivity contribution in [3.63, 3.8) is 0 Å². The van der Waals surface area contributed by atoms with E-state index in [1.54, 1.807) is 20.8 Å². The molecule has 2 N–H and O–H groups in total. The first-order valence-electron chi connectivity index (χ1n) is 13.5. The third kappa shape index (κ3) is 3.84. The van der Waals surface area contributed by atoms with E-state index in [4.69, 9.17) is 4.74 Å². The SMILES string of the molecule is CCCCOC(=O)c1ccc(O)c2c1C[C@]1(C)C[C@]3(C)C(C(C)C)C(=O)C(C(C)=O)C(=O)[C@]3(O)C(=O)C1C2=O. The van der Waals surface area contributed by atoms with Gasteiger partial charge in [0.15, 0.2) is 28.7 Å². The zero-order chi connectivity index (χ0) is 29.2. The van der Waals surface area contributed by atoms with Crippen molar-refractivity contribution < 1.29 is 43.7 Å². The number of aromatic hydroxyl groups is 1. The molecule has 3 aliphatic rings. The molecule has 3 aliphatic carbocycles. The number of carbonyl (C=O) groups is 6. The lowest BCUT2D eigenvalue weighted by molar-refractivity contribution is -0.205.